The molecule has 1 saturated heterocycles. The molecule has 2 heterocycles. The van der Waals surface area contributed by atoms with Gasteiger partial charge in [0, 0.05) is 26.2 Å². The zero-order valence-corrected chi connectivity index (χ0v) is 16.5. The van der Waals surface area contributed by atoms with Crippen LogP contribution in [0.1, 0.15) is 12.0 Å². The summed E-state index contributed by atoms with van der Waals surface area (Å²) < 4.78 is 10.2. The Morgan fingerprint density at radius 2 is 1.83 bits per heavy atom. The van der Waals surface area contributed by atoms with Gasteiger partial charge in [-0.1, -0.05) is 30.3 Å². The molecule has 0 amide bonds. The van der Waals surface area contributed by atoms with Gasteiger partial charge < -0.3 is 15.4 Å². The van der Waals surface area contributed by atoms with Crippen molar-refractivity contribution < 1.29 is 14.3 Å². The van der Waals surface area contributed by atoms with Crippen LogP contribution in [0.25, 0.3) is 11.0 Å². The van der Waals surface area contributed by atoms with Gasteiger partial charge in [-0.2, -0.15) is 0 Å². The van der Waals surface area contributed by atoms with Crippen molar-refractivity contribution in [3.8, 4) is 0 Å². The molecule has 1 fully saturated rings. The van der Waals surface area contributed by atoms with Gasteiger partial charge in [0.1, 0.15) is 5.69 Å². The predicted octanol–water partition coefficient (Wildman–Crippen LogP) is 2.88. The van der Waals surface area contributed by atoms with Crippen LogP contribution in [0, 0.1) is 10.1 Å². The summed E-state index contributed by atoms with van der Waals surface area (Å²) in [6.45, 7) is 5.56. The summed E-state index contributed by atoms with van der Waals surface area (Å²) in [7, 11) is 0. The van der Waals surface area contributed by atoms with Gasteiger partial charge >= 0.3 is 5.69 Å². The number of aromatic nitrogens is 2. The molecule has 10 heteroatoms. The SMILES string of the molecule is O=[N+]([O-])c1c(NCc2ccccc2)cc(NCCCN2CCOCC2)c2nonc12. The number of ether oxygens (including phenoxy) is 1. The van der Waals surface area contributed by atoms with E-state index in [1.807, 2.05) is 30.3 Å². The third kappa shape index (κ3) is 4.66. The highest BCUT2D eigenvalue weighted by atomic mass is 16.6. The highest BCUT2D eigenvalue weighted by Gasteiger charge is 2.25. The lowest BCUT2D eigenvalue weighted by atomic mass is 10.1. The number of hydrogen-bond donors (Lipinski definition) is 2. The molecule has 158 valence electrons. The molecule has 0 radical (unpaired) electrons. The van der Waals surface area contributed by atoms with Gasteiger partial charge in [0.25, 0.3) is 0 Å². The Morgan fingerprint density at radius 1 is 1.07 bits per heavy atom. The maximum Gasteiger partial charge on any atom is 0.323 e. The van der Waals surface area contributed by atoms with Crippen molar-refractivity contribution in [3.63, 3.8) is 0 Å². The Morgan fingerprint density at radius 3 is 2.60 bits per heavy atom. The van der Waals surface area contributed by atoms with E-state index in [9.17, 15) is 10.1 Å². The average molecular weight is 412 g/mol. The molecule has 0 unspecified atom stereocenters. The van der Waals surface area contributed by atoms with Crippen molar-refractivity contribution in [1.29, 1.82) is 0 Å². The number of morpholine rings is 1. The van der Waals surface area contributed by atoms with Crippen molar-refractivity contribution in [2.75, 3.05) is 50.0 Å². The summed E-state index contributed by atoms with van der Waals surface area (Å²) in [5.41, 5.74) is 2.41. The van der Waals surface area contributed by atoms with Gasteiger partial charge in [-0.15, -0.1) is 0 Å². The molecule has 0 atom stereocenters. The Kier molecular flexibility index (Phi) is 6.35. The van der Waals surface area contributed by atoms with Crippen LogP contribution in [-0.4, -0.2) is 59.5 Å². The maximum absolute atomic E-state index is 11.7. The number of fused-ring (bicyclic) bond motifs is 1. The molecule has 2 aromatic carbocycles. The molecule has 10 nitrogen and oxygen atoms in total. The van der Waals surface area contributed by atoms with E-state index in [0.717, 1.165) is 44.8 Å². The number of benzene rings is 2. The number of hydrogen-bond acceptors (Lipinski definition) is 9. The van der Waals surface area contributed by atoms with Gasteiger partial charge in [-0.3, -0.25) is 15.0 Å². The fraction of sp³-hybridized carbons (Fsp3) is 0.400. The fourth-order valence-corrected chi connectivity index (χ4v) is 3.53. The van der Waals surface area contributed by atoms with Crippen LogP contribution in [0.2, 0.25) is 0 Å². The molecular weight excluding hydrogens is 388 g/mol. The second kappa shape index (κ2) is 9.51. The first kappa shape index (κ1) is 20.0. The molecule has 2 N–H and O–H groups in total. The normalized spacial score (nSPS) is 14.7. The molecule has 0 aliphatic carbocycles. The Balaban J connectivity index is 1.49. The minimum atomic E-state index is -0.456. The van der Waals surface area contributed by atoms with Crippen LogP contribution >= 0.6 is 0 Å². The summed E-state index contributed by atoms with van der Waals surface area (Å²) in [6, 6.07) is 11.4. The number of anilines is 2. The number of nitro groups is 1. The number of nitrogens with one attached hydrogen (secondary N) is 2. The van der Waals surface area contributed by atoms with Crippen LogP contribution < -0.4 is 10.6 Å². The average Bonchev–Trinajstić information content (AvgIpc) is 3.26. The lowest BCUT2D eigenvalue weighted by Gasteiger charge is -2.26. The topological polar surface area (TPSA) is 119 Å². The summed E-state index contributed by atoms with van der Waals surface area (Å²) >= 11 is 0. The van der Waals surface area contributed by atoms with E-state index in [0.29, 0.717) is 30.0 Å². The predicted molar refractivity (Wildman–Crippen MR) is 113 cm³/mol. The lowest BCUT2D eigenvalue weighted by Crippen LogP contribution is -2.37. The number of nitrogens with zero attached hydrogens (tertiary/aromatic N) is 4. The zero-order chi connectivity index (χ0) is 20.8. The van der Waals surface area contributed by atoms with Crippen LogP contribution in [0.5, 0.6) is 0 Å². The first-order valence-corrected chi connectivity index (χ1v) is 9.98. The summed E-state index contributed by atoms with van der Waals surface area (Å²) in [4.78, 5) is 13.6. The molecule has 4 rings (SSSR count). The van der Waals surface area contributed by atoms with Crippen molar-refractivity contribution in [2.24, 2.45) is 0 Å². The van der Waals surface area contributed by atoms with Gasteiger partial charge in [-0.05, 0) is 34.9 Å². The molecule has 0 saturated carbocycles. The van der Waals surface area contributed by atoms with E-state index in [1.165, 1.54) is 0 Å². The van der Waals surface area contributed by atoms with E-state index >= 15 is 0 Å². The highest BCUT2D eigenvalue weighted by molar-refractivity contribution is 5.99. The molecule has 0 spiro atoms. The Labute approximate surface area is 173 Å². The number of nitro benzene ring substituents is 1. The maximum atomic E-state index is 11.7. The smallest absolute Gasteiger partial charge is 0.323 e. The third-order valence-corrected chi connectivity index (χ3v) is 5.09. The van der Waals surface area contributed by atoms with Gasteiger partial charge in [0.15, 0.2) is 5.52 Å². The second-order valence-corrected chi connectivity index (χ2v) is 7.11. The van der Waals surface area contributed by atoms with Gasteiger partial charge in [0.2, 0.25) is 5.52 Å². The lowest BCUT2D eigenvalue weighted by molar-refractivity contribution is -0.382. The molecular formula is C20H24N6O4. The largest absolute Gasteiger partial charge is 0.383 e. The monoisotopic (exact) mass is 412 g/mol. The third-order valence-electron chi connectivity index (χ3n) is 5.09. The van der Waals surface area contributed by atoms with Crippen LogP contribution in [0.3, 0.4) is 0 Å². The molecule has 30 heavy (non-hydrogen) atoms. The van der Waals surface area contributed by atoms with Gasteiger partial charge in [0.05, 0.1) is 23.8 Å². The summed E-state index contributed by atoms with van der Waals surface area (Å²) in [6.07, 6.45) is 0.927. The van der Waals surface area contributed by atoms with Crippen LogP contribution in [-0.2, 0) is 11.3 Å². The van der Waals surface area contributed by atoms with E-state index in [4.69, 9.17) is 9.37 Å². The summed E-state index contributed by atoms with van der Waals surface area (Å²) in [5.74, 6) is 0. The van der Waals surface area contributed by atoms with Gasteiger partial charge in [-0.25, -0.2) is 4.63 Å². The van der Waals surface area contributed by atoms with E-state index < -0.39 is 4.92 Å². The first-order valence-electron chi connectivity index (χ1n) is 9.98. The minimum absolute atomic E-state index is 0.133. The second-order valence-electron chi connectivity index (χ2n) is 7.11. The van der Waals surface area contributed by atoms with Crippen LogP contribution in [0.4, 0.5) is 17.1 Å². The minimum Gasteiger partial charge on any atom is -0.383 e. The molecule has 1 aliphatic rings. The van der Waals surface area contributed by atoms with E-state index in [-0.39, 0.29) is 11.2 Å². The van der Waals surface area contributed by atoms with Crippen LogP contribution in [0.15, 0.2) is 41.0 Å². The zero-order valence-electron chi connectivity index (χ0n) is 16.5. The number of rotatable bonds is 9. The van der Waals surface area contributed by atoms with E-state index in [1.54, 1.807) is 6.07 Å². The fourth-order valence-electron chi connectivity index (χ4n) is 3.53. The van der Waals surface area contributed by atoms with Crippen molar-refractivity contribution in [2.45, 2.75) is 13.0 Å². The van der Waals surface area contributed by atoms with Crippen molar-refractivity contribution >= 4 is 28.1 Å². The Hall–Kier alpha value is -3.24. The Bertz CT molecular complexity index is 988. The first-order chi connectivity index (χ1) is 14.7. The molecule has 0 bridgehead atoms. The molecule has 3 aromatic rings. The quantitative estimate of drug-likeness (QED) is 0.311. The molecule has 1 aromatic heterocycles. The van der Waals surface area contributed by atoms with E-state index in [2.05, 4.69) is 25.8 Å². The highest BCUT2D eigenvalue weighted by Crippen LogP contribution is 2.37. The standard InChI is InChI=1S/C20H24N6O4/c27-26(28)20-17(22-14-15-5-2-1-3-6-15)13-16(18-19(20)24-30-23-18)21-7-4-8-25-9-11-29-12-10-25/h1-3,5-6,13,21-22H,4,7-12,14H2. The molecule has 1 aliphatic heterocycles. The van der Waals surface area contributed by atoms with Crippen molar-refractivity contribution in [3.05, 3.63) is 52.1 Å². The summed E-state index contributed by atoms with van der Waals surface area (Å²) in [5, 5.41) is 25.9. The van der Waals surface area contributed by atoms with Crippen molar-refractivity contribution in [1.82, 2.24) is 15.2 Å².